The van der Waals surface area contributed by atoms with E-state index in [1.54, 1.807) is 13.8 Å². The van der Waals surface area contributed by atoms with Crippen molar-refractivity contribution in [2.75, 3.05) is 5.75 Å². The third-order valence-electron chi connectivity index (χ3n) is 3.48. The van der Waals surface area contributed by atoms with E-state index in [1.807, 2.05) is 29.6 Å². The number of aliphatic hydroxyl groups is 1. The van der Waals surface area contributed by atoms with E-state index in [-0.39, 0.29) is 0 Å². The average molecular weight is 327 g/mol. The van der Waals surface area contributed by atoms with Gasteiger partial charge in [0.25, 0.3) is 0 Å². The monoisotopic (exact) mass is 327 g/mol. The molecule has 0 spiro atoms. The molecule has 23 heavy (non-hydrogen) atoms. The van der Waals surface area contributed by atoms with E-state index in [1.165, 1.54) is 11.8 Å². The number of aromatic nitrogens is 3. The molecule has 0 saturated heterocycles. The van der Waals surface area contributed by atoms with Crippen molar-refractivity contribution in [1.29, 1.82) is 0 Å². The zero-order valence-electron chi connectivity index (χ0n) is 13.9. The second-order valence-electron chi connectivity index (χ2n) is 6.44. The Morgan fingerprint density at radius 3 is 2.52 bits per heavy atom. The lowest BCUT2D eigenvalue weighted by atomic mass is 10.1. The molecule has 0 amide bonds. The van der Waals surface area contributed by atoms with E-state index < -0.39 is 5.60 Å². The normalized spacial score (nSPS) is 12.0. The Bertz CT molecular complexity index is 835. The first kappa shape index (κ1) is 16.0. The van der Waals surface area contributed by atoms with Crippen LogP contribution in [0, 0.1) is 13.8 Å². The van der Waals surface area contributed by atoms with Gasteiger partial charge in [0.15, 0.2) is 5.16 Å². The quantitative estimate of drug-likeness (QED) is 0.739. The van der Waals surface area contributed by atoms with Crippen molar-refractivity contribution >= 4 is 17.3 Å². The minimum absolute atomic E-state index is 0.564. The lowest BCUT2D eigenvalue weighted by molar-refractivity contribution is 0.107. The highest BCUT2D eigenvalue weighted by molar-refractivity contribution is 7.99. The van der Waals surface area contributed by atoms with Gasteiger partial charge in [0.2, 0.25) is 0 Å². The van der Waals surface area contributed by atoms with Crippen molar-refractivity contribution in [2.45, 2.75) is 38.5 Å². The molecule has 4 nitrogen and oxygen atoms in total. The van der Waals surface area contributed by atoms with Gasteiger partial charge in [-0.05, 0) is 39.3 Å². The van der Waals surface area contributed by atoms with Crippen molar-refractivity contribution in [1.82, 2.24) is 14.6 Å². The van der Waals surface area contributed by atoms with Gasteiger partial charge in [-0.1, -0.05) is 42.1 Å². The molecule has 2 heterocycles. The molecular formula is C18H21N3OS. The molecule has 120 valence electrons. The first-order valence-corrected chi connectivity index (χ1v) is 8.61. The van der Waals surface area contributed by atoms with Crippen LogP contribution in [0.3, 0.4) is 0 Å². The van der Waals surface area contributed by atoms with Gasteiger partial charge in [-0.2, -0.15) is 5.10 Å². The number of rotatable bonds is 4. The summed E-state index contributed by atoms with van der Waals surface area (Å²) in [4.78, 5) is 4.82. The first-order valence-electron chi connectivity index (χ1n) is 7.63. The van der Waals surface area contributed by atoms with Crippen LogP contribution in [0.5, 0.6) is 0 Å². The van der Waals surface area contributed by atoms with Crippen molar-refractivity contribution in [3.8, 4) is 11.3 Å². The Labute approximate surface area is 140 Å². The third kappa shape index (κ3) is 3.41. The molecule has 0 bridgehead atoms. The molecule has 0 aliphatic rings. The molecule has 0 radical (unpaired) electrons. The SMILES string of the molecule is Cc1cc(C)c2c(-c3ccccc3)nc(SCC(C)(C)O)n2n1. The summed E-state index contributed by atoms with van der Waals surface area (Å²) in [7, 11) is 0. The summed E-state index contributed by atoms with van der Waals surface area (Å²) in [6.07, 6.45) is 0. The number of nitrogens with zero attached hydrogens (tertiary/aromatic N) is 3. The largest absolute Gasteiger partial charge is 0.390 e. The van der Waals surface area contributed by atoms with Gasteiger partial charge in [0, 0.05) is 11.3 Å². The van der Waals surface area contributed by atoms with Crippen molar-refractivity contribution in [3.63, 3.8) is 0 Å². The van der Waals surface area contributed by atoms with Gasteiger partial charge in [-0.15, -0.1) is 0 Å². The third-order valence-corrected chi connectivity index (χ3v) is 4.86. The van der Waals surface area contributed by atoms with Crippen molar-refractivity contribution in [3.05, 3.63) is 47.7 Å². The van der Waals surface area contributed by atoms with Crippen LogP contribution in [0.1, 0.15) is 25.1 Å². The van der Waals surface area contributed by atoms with Gasteiger partial charge in [0.05, 0.1) is 22.5 Å². The maximum absolute atomic E-state index is 10.0. The maximum atomic E-state index is 10.0. The van der Waals surface area contributed by atoms with E-state index in [9.17, 15) is 5.11 Å². The summed E-state index contributed by atoms with van der Waals surface area (Å²) in [5.41, 5.74) is 4.40. The molecule has 3 rings (SSSR count). The molecule has 3 aromatic rings. The van der Waals surface area contributed by atoms with Gasteiger partial charge in [-0.3, -0.25) is 0 Å². The predicted octanol–water partition coefficient (Wildman–Crippen LogP) is 3.88. The minimum Gasteiger partial charge on any atom is -0.390 e. The van der Waals surface area contributed by atoms with E-state index in [2.05, 4.69) is 30.2 Å². The fourth-order valence-electron chi connectivity index (χ4n) is 2.54. The topological polar surface area (TPSA) is 50.4 Å². The molecule has 1 N–H and O–H groups in total. The fraction of sp³-hybridized carbons (Fsp3) is 0.333. The zero-order valence-corrected chi connectivity index (χ0v) is 14.7. The Kier molecular flexibility index (Phi) is 4.17. The summed E-state index contributed by atoms with van der Waals surface area (Å²) in [5.74, 6) is 0.564. The number of imidazole rings is 1. The zero-order chi connectivity index (χ0) is 16.6. The number of hydrogen-bond donors (Lipinski definition) is 1. The molecule has 0 aliphatic carbocycles. The van der Waals surface area contributed by atoms with Gasteiger partial charge in [-0.25, -0.2) is 9.50 Å². The van der Waals surface area contributed by atoms with E-state index >= 15 is 0 Å². The van der Waals surface area contributed by atoms with Gasteiger partial charge >= 0.3 is 0 Å². The minimum atomic E-state index is -0.748. The first-order chi connectivity index (χ1) is 10.8. The van der Waals surface area contributed by atoms with Gasteiger partial charge in [0.1, 0.15) is 0 Å². The van der Waals surface area contributed by atoms with Gasteiger partial charge < -0.3 is 5.11 Å². The van der Waals surface area contributed by atoms with Crippen molar-refractivity contribution in [2.24, 2.45) is 0 Å². The summed E-state index contributed by atoms with van der Waals surface area (Å²) in [5, 5.41) is 15.5. The number of fused-ring (bicyclic) bond motifs is 1. The Morgan fingerprint density at radius 1 is 1.17 bits per heavy atom. The summed E-state index contributed by atoms with van der Waals surface area (Å²) in [6.45, 7) is 7.68. The number of aryl methyl sites for hydroxylation is 2. The van der Waals surface area contributed by atoms with E-state index in [4.69, 9.17) is 4.98 Å². The maximum Gasteiger partial charge on any atom is 0.190 e. The molecule has 0 fully saturated rings. The Morgan fingerprint density at radius 2 is 1.87 bits per heavy atom. The van der Waals surface area contributed by atoms with Crippen LogP contribution in [-0.2, 0) is 0 Å². The smallest absolute Gasteiger partial charge is 0.190 e. The van der Waals surface area contributed by atoms with E-state index in [0.717, 1.165) is 33.2 Å². The molecule has 0 saturated carbocycles. The molecule has 0 aliphatic heterocycles. The lowest BCUT2D eigenvalue weighted by Crippen LogP contribution is -2.21. The number of hydrogen-bond acceptors (Lipinski definition) is 4. The molecule has 0 atom stereocenters. The molecule has 1 aromatic carbocycles. The second-order valence-corrected chi connectivity index (χ2v) is 7.38. The fourth-order valence-corrected chi connectivity index (χ4v) is 3.43. The highest BCUT2D eigenvalue weighted by Crippen LogP contribution is 2.31. The van der Waals surface area contributed by atoms with E-state index in [0.29, 0.717) is 5.75 Å². The standard InChI is InChI=1S/C18H21N3OS/c1-12-10-13(2)20-21-16(12)15(14-8-6-5-7-9-14)19-17(21)23-11-18(3,4)22/h5-10,22H,11H2,1-4H3. The molecule has 0 unspecified atom stereocenters. The van der Waals surface area contributed by atoms with Crippen LogP contribution >= 0.6 is 11.8 Å². The van der Waals surface area contributed by atoms with Crippen LogP contribution in [-0.4, -0.2) is 31.1 Å². The summed E-state index contributed by atoms with van der Waals surface area (Å²) < 4.78 is 1.91. The van der Waals surface area contributed by atoms with Crippen molar-refractivity contribution < 1.29 is 5.11 Å². The lowest BCUT2D eigenvalue weighted by Gasteiger charge is -2.15. The van der Waals surface area contributed by atoms with Crippen LogP contribution in [0.15, 0.2) is 41.6 Å². The number of thioether (sulfide) groups is 1. The Balaban J connectivity index is 2.17. The Hall–Kier alpha value is -1.85. The van der Waals surface area contributed by atoms with Crippen LogP contribution in [0.2, 0.25) is 0 Å². The molecule has 5 heteroatoms. The van der Waals surface area contributed by atoms with Crippen LogP contribution < -0.4 is 0 Å². The predicted molar refractivity (Wildman–Crippen MR) is 94.9 cm³/mol. The second kappa shape index (κ2) is 5.98. The van der Waals surface area contributed by atoms with Crippen LogP contribution in [0.4, 0.5) is 0 Å². The summed E-state index contributed by atoms with van der Waals surface area (Å²) >= 11 is 1.53. The number of benzene rings is 1. The summed E-state index contributed by atoms with van der Waals surface area (Å²) in [6, 6.07) is 12.2. The molecular weight excluding hydrogens is 306 g/mol. The molecule has 2 aromatic heterocycles. The highest BCUT2D eigenvalue weighted by Gasteiger charge is 2.20. The average Bonchev–Trinajstić information content (AvgIpc) is 2.84. The van der Waals surface area contributed by atoms with Crippen LogP contribution in [0.25, 0.3) is 16.8 Å². The highest BCUT2D eigenvalue weighted by atomic mass is 32.2.